The van der Waals surface area contributed by atoms with Gasteiger partial charge in [-0.3, -0.25) is 9.47 Å². The summed E-state index contributed by atoms with van der Waals surface area (Å²) in [5.74, 6) is 1.89. The molecular weight excluding hydrogens is 364 g/mol. The van der Waals surface area contributed by atoms with Crippen molar-refractivity contribution in [3.8, 4) is 5.69 Å². The first-order valence-electron chi connectivity index (χ1n) is 9.96. The lowest BCUT2D eigenvalue weighted by molar-refractivity contribution is 0.214. The third kappa shape index (κ3) is 4.91. The van der Waals surface area contributed by atoms with Gasteiger partial charge in [-0.15, -0.1) is 10.2 Å². The Balaban J connectivity index is 1.50. The Morgan fingerprint density at radius 2 is 1.57 bits per heavy atom. The van der Waals surface area contributed by atoms with Crippen LogP contribution in [-0.4, -0.2) is 38.5 Å². The van der Waals surface area contributed by atoms with Crippen LogP contribution >= 0.6 is 11.8 Å². The van der Waals surface area contributed by atoms with Gasteiger partial charge in [-0.25, -0.2) is 0 Å². The fraction of sp³-hybridized carbons (Fsp3) is 0.304. The van der Waals surface area contributed by atoms with E-state index in [0.717, 1.165) is 42.1 Å². The lowest BCUT2D eigenvalue weighted by Gasteiger charge is -2.26. The molecule has 1 aliphatic heterocycles. The Labute approximate surface area is 171 Å². The molecule has 4 nitrogen and oxygen atoms in total. The summed E-state index contributed by atoms with van der Waals surface area (Å²) in [6.07, 6.45) is 8.26. The Bertz CT molecular complexity index is 883. The Morgan fingerprint density at radius 3 is 2.32 bits per heavy atom. The minimum Gasteiger partial charge on any atom is -0.296 e. The SMILES string of the molecule is C(=C\c1ccccc1)/CSc1nnc(CN2CCCCC2)n1-c1ccccc1. The summed E-state index contributed by atoms with van der Waals surface area (Å²) in [5.41, 5.74) is 2.35. The van der Waals surface area contributed by atoms with E-state index in [0.29, 0.717) is 0 Å². The van der Waals surface area contributed by atoms with E-state index in [1.54, 1.807) is 11.8 Å². The second kappa shape index (κ2) is 9.71. The second-order valence-electron chi connectivity index (χ2n) is 7.03. The summed E-state index contributed by atoms with van der Waals surface area (Å²) in [6, 6.07) is 20.9. The number of likely N-dealkylation sites (tertiary alicyclic amines) is 1. The van der Waals surface area contributed by atoms with Gasteiger partial charge in [-0.05, 0) is 43.6 Å². The largest absolute Gasteiger partial charge is 0.296 e. The van der Waals surface area contributed by atoms with E-state index in [-0.39, 0.29) is 0 Å². The van der Waals surface area contributed by atoms with E-state index in [1.807, 2.05) is 12.1 Å². The van der Waals surface area contributed by atoms with Gasteiger partial charge in [0.25, 0.3) is 0 Å². The van der Waals surface area contributed by atoms with Crippen molar-refractivity contribution >= 4 is 17.8 Å². The van der Waals surface area contributed by atoms with Crippen LogP contribution in [0.2, 0.25) is 0 Å². The smallest absolute Gasteiger partial charge is 0.196 e. The molecule has 0 unspecified atom stereocenters. The highest BCUT2D eigenvalue weighted by Gasteiger charge is 2.18. The number of rotatable bonds is 7. The van der Waals surface area contributed by atoms with Crippen molar-refractivity contribution < 1.29 is 0 Å². The van der Waals surface area contributed by atoms with E-state index in [1.165, 1.54) is 24.8 Å². The number of para-hydroxylation sites is 1. The van der Waals surface area contributed by atoms with Crippen LogP contribution in [0.25, 0.3) is 11.8 Å². The van der Waals surface area contributed by atoms with Crippen molar-refractivity contribution in [3.63, 3.8) is 0 Å². The standard InChI is InChI=1S/C23H26N4S/c1-4-11-20(12-5-1)13-10-18-28-23-25-24-22(19-26-16-8-3-9-17-26)27(23)21-14-6-2-7-15-21/h1-2,4-7,10-15H,3,8-9,16-19H2/b13-10+. The van der Waals surface area contributed by atoms with Gasteiger partial charge in [-0.2, -0.15) is 0 Å². The van der Waals surface area contributed by atoms with Gasteiger partial charge in [0, 0.05) is 11.4 Å². The molecule has 1 fully saturated rings. The lowest BCUT2D eigenvalue weighted by atomic mass is 10.1. The molecule has 4 rings (SSSR count). The maximum absolute atomic E-state index is 4.55. The van der Waals surface area contributed by atoms with Crippen molar-refractivity contribution in [2.75, 3.05) is 18.8 Å². The molecule has 1 saturated heterocycles. The van der Waals surface area contributed by atoms with Gasteiger partial charge in [-0.1, -0.05) is 78.9 Å². The van der Waals surface area contributed by atoms with Gasteiger partial charge < -0.3 is 0 Å². The predicted molar refractivity (Wildman–Crippen MR) is 117 cm³/mol. The van der Waals surface area contributed by atoms with E-state index >= 15 is 0 Å². The third-order valence-electron chi connectivity index (χ3n) is 4.95. The van der Waals surface area contributed by atoms with Crippen molar-refractivity contribution in [2.45, 2.75) is 31.0 Å². The zero-order valence-electron chi connectivity index (χ0n) is 16.1. The predicted octanol–water partition coefficient (Wildman–Crippen LogP) is 5.06. The molecule has 144 valence electrons. The number of piperidine rings is 1. The number of aromatic nitrogens is 3. The fourth-order valence-electron chi connectivity index (χ4n) is 3.52. The second-order valence-corrected chi connectivity index (χ2v) is 8.02. The molecule has 0 spiro atoms. The van der Waals surface area contributed by atoms with Crippen LogP contribution in [-0.2, 0) is 6.54 Å². The number of thioether (sulfide) groups is 1. The summed E-state index contributed by atoms with van der Waals surface area (Å²) in [6.45, 7) is 3.18. The molecule has 0 bridgehead atoms. The minimum atomic E-state index is 0.863. The molecule has 1 aromatic heterocycles. The average Bonchev–Trinajstić information content (AvgIpc) is 3.15. The molecule has 2 aromatic carbocycles. The first-order chi connectivity index (χ1) is 13.9. The zero-order chi connectivity index (χ0) is 19.0. The monoisotopic (exact) mass is 390 g/mol. The molecule has 0 saturated carbocycles. The Hall–Kier alpha value is -2.37. The van der Waals surface area contributed by atoms with Crippen LogP contribution in [0.3, 0.4) is 0 Å². The molecular formula is C23H26N4S. The van der Waals surface area contributed by atoms with Gasteiger partial charge in [0.1, 0.15) is 0 Å². The Kier molecular flexibility index (Phi) is 6.58. The molecule has 0 radical (unpaired) electrons. The fourth-order valence-corrected chi connectivity index (χ4v) is 4.30. The number of nitrogens with zero attached hydrogens (tertiary/aromatic N) is 4. The summed E-state index contributed by atoms with van der Waals surface area (Å²) in [4.78, 5) is 2.50. The molecule has 3 aromatic rings. The molecule has 1 aliphatic rings. The van der Waals surface area contributed by atoms with Crippen LogP contribution < -0.4 is 0 Å². The van der Waals surface area contributed by atoms with Gasteiger partial charge >= 0.3 is 0 Å². The van der Waals surface area contributed by atoms with Crippen molar-refractivity contribution in [3.05, 3.63) is 78.1 Å². The molecule has 2 heterocycles. The third-order valence-corrected chi connectivity index (χ3v) is 5.83. The van der Waals surface area contributed by atoms with Crippen LogP contribution in [0.1, 0.15) is 30.7 Å². The lowest BCUT2D eigenvalue weighted by Crippen LogP contribution is -2.30. The number of hydrogen-bond donors (Lipinski definition) is 0. The van der Waals surface area contributed by atoms with E-state index in [2.05, 4.69) is 80.3 Å². The molecule has 0 aliphatic carbocycles. The van der Waals surface area contributed by atoms with E-state index < -0.39 is 0 Å². The van der Waals surface area contributed by atoms with Gasteiger partial charge in [0.15, 0.2) is 11.0 Å². The van der Waals surface area contributed by atoms with Crippen LogP contribution in [0.5, 0.6) is 0 Å². The maximum atomic E-state index is 4.55. The van der Waals surface area contributed by atoms with Gasteiger partial charge in [0.2, 0.25) is 0 Å². The molecule has 5 heteroatoms. The first-order valence-corrected chi connectivity index (χ1v) is 11.0. The molecule has 28 heavy (non-hydrogen) atoms. The van der Waals surface area contributed by atoms with Crippen molar-refractivity contribution in [2.24, 2.45) is 0 Å². The highest BCUT2D eigenvalue weighted by Crippen LogP contribution is 2.24. The van der Waals surface area contributed by atoms with E-state index in [9.17, 15) is 0 Å². The maximum Gasteiger partial charge on any atom is 0.196 e. The number of hydrogen-bond acceptors (Lipinski definition) is 4. The highest BCUT2D eigenvalue weighted by atomic mass is 32.2. The summed E-state index contributed by atoms with van der Waals surface area (Å²) < 4.78 is 2.22. The zero-order valence-corrected chi connectivity index (χ0v) is 16.9. The first kappa shape index (κ1) is 19.0. The molecule has 0 amide bonds. The topological polar surface area (TPSA) is 34.0 Å². The minimum absolute atomic E-state index is 0.863. The normalized spacial score (nSPS) is 15.3. The van der Waals surface area contributed by atoms with Crippen LogP contribution in [0, 0.1) is 0 Å². The molecule has 0 atom stereocenters. The summed E-state index contributed by atoms with van der Waals surface area (Å²) in [5, 5.41) is 10.0. The van der Waals surface area contributed by atoms with Crippen LogP contribution in [0.15, 0.2) is 71.9 Å². The Morgan fingerprint density at radius 1 is 0.857 bits per heavy atom. The average molecular weight is 391 g/mol. The summed E-state index contributed by atoms with van der Waals surface area (Å²) >= 11 is 1.73. The van der Waals surface area contributed by atoms with Gasteiger partial charge in [0.05, 0.1) is 6.54 Å². The van der Waals surface area contributed by atoms with Crippen molar-refractivity contribution in [1.82, 2.24) is 19.7 Å². The number of benzene rings is 2. The van der Waals surface area contributed by atoms with Crippen molar-refractivity contribution in [1.29, 1.82) is 0 Å². The summed E-state index contributed by atoms with van der Waals surface area (Å²) in [7, 11) is 0. The quantitative estimate of drug-likeness (QED) is 0.528. The van der Waals surface area contributed by atoms with E-state index in [4.69, 9.17) is 0 Å². The molecule has 0 N–H and O–H groups in total. The highest BCUT2D eigenvalue weighted by molar-refractivity contribution is 7.99. The van der Waals surface area contributed by atoms with Crippen LogP contribution in [0.4, 0.5) is 0 Å².